The van der Waals surface area contributed by atoms with Gasteiger partial charge in [0, 0.05) is 18.8 Å². The monoisotopic (exact) mass is 243 g/mol. The Kier molecular flexibility index (Phi) is 4.98. The van der Waals surface area contributed by atoms with E-state index < -0.39 is 0 Å². The number of rotatable bonds is 7. The molecule has 2 aliphatic carbocycles. The lowest BCUT2D eigenvalue weighted by Gasteiger charge is -2.27. The van der Waals surface area contributed by atoms with Crippen molar-refractivity contribution in [3.8, 4) is 0 Å². The van der Waals surface area contributed by atoms with Crippen LogP contribution in [0.5, 0.6) is 0 Å². The van der Waals surface area contributed by atoms with Gasteiger partial charge in [-0.1, -0.05) is 6.42 Å². The van der Waals surface area contributed by atoms with Crippen molar-refractivity contribution in [2.75, 3.05) is 39.1 Å². The Morgan fingerprint density at radius 2 is 2.12 bits per heavy atom. The van der Waals surface area contributed by atoms with Crippen LogP contribution in [0.25, 0.3) is 0 Å². The number of hydrogen-bond donors (Lipinski definition) is 1. The Hall–Kier alpha value is 0.270. The smallest absolute Gasteiger partial charge is 0.0593 e. The van der Waals surface area contributed by atoms with Gasteiger partial charge in [-0.05, 0) is 44.1 Å². The summed E-state index contributed by atoms with van der Waals surface area (Å²) in [6.45, 7) is 4.00. The van der Waals surface area contributed by atoms with Crippen LogP contribution in [-0.2, 0) is 4.74 Å². The van der Waals surface area contributed by atoms with Crippen LogP contribution in [0.2, 0.25) is 0 Å². The van der Waals surface area contributed by atoms with Gasteiger partial charge in [0.25, 0.3) is 0 Å². The van der Waals surface area contributed by atoms with Gasteiger partial charge < -0.3 is 9.64 Å². The zero-order chi connectivity index (χ0) is 11.4. The molecule has 0 amide bonds. The van der Waals surface area contributed by atoms with E-state index >= 15 is 0 Å². The third kappa shape index (κ3) is 3.38. The number of hydrogen-bond acceptors (Lipinski definition) is 3. The first-order valence-corrected chi connectivity index (χ1v) is 7.30. The largest absolute Gasteiger partial charge is 0.379 e. The van der Waals surface area contributed by atoms with E-state index in [1.54, 1.807) is 0 Å². The summed E-state index contributed by atoms with van der Waals surface area (Å²) in [5, 5.41) is 0. The van der Waals surface area contributed by atoms with Crippen molar-refractivity contribution >= 4 is 12.6 Å². The molecule has 2 nitrogen and oxygen atoms in total. The Bertz CT molecular complexity index is 212. The SMILES string of the molecule is CN(CCOCCS)CC1CC2CCC1C2. The van der Waals surface area contributed by atoms with Crippen LogP contribution in [0.4, 0.5) is 0 Å². The molecule has 16 heavy (non-hydrogen) atoms. The number of ether oxygens (including phenoxy) is 1. The molecule has 0 heterocycles. The molecule has 0 aromatic rings. The molecule has 0 N–H and O–H groups in total. The summed E-state index contributed by atoms with van der Waals surface area (Å²) in [6.07, 6.45) is 6.02. The molecule has 2 fully saturated rings. The van der Waals surface area contributed by atoms with Gasteiger partial charge in [0.1, 0.15) is 0 Å². The summed E-state index contributed by atoms with van der Waals surface area (Å²) < 4.78 is 5.46. The molecule has 3 heteroatoms. The maximum absolute atomic E-state index is 5.46. The molecule has 2 aliphatic rings. The fourth-order valence-electron chi connectivity index (χ4n) is 3.48. The molecule has 2 saturated carbocycles. The van der Waals surface area contributed by atoms with Gasteiger partial charge in [-0.2, -0.15) is 12.6 Å². The highest BCUT2D eigenvalue weighted by molar-refractivity contribution is 7.80. The van der Waals surface area contributed by atoms with Crippen molar-refractivity contribution in [3.05, 3.63) is 0 Å². The van der Waals surface area contributed by atoms with Crippen LogP contribution in [0, 0.1) is 17.8 Å². The van der Waals surface area contributed by atoms with Crippen molar-refractivity contribution in [3.63, 3.8) is 0 Å². The average Bonchev–Trinajstić information content (AvgIpc) is 2.86. The molecular weight excluding hydrogens is 218 g/mol. The van der Waals surface area contributed by atoms with Crippen LogP contribution in [-0.4, -0.2) is 44.0 Å². The van der Waals surface area contributed by atoms with Crippen molar-refractivity contribution < 1.29 is 4.74 Å². The Morgan fingerprint density at radius 1 is 1.25 bits per heavy atom. The molecule has 3 unspecified atom stereocenters. The lowest BCUT2D eigenvalue weighted by molar-refractivity contribution is 0.113. The second-order valence-corrected chi connectivity index (χ2v) is 5.98. The highest BCUT2D eigenvalue weighted by Crippen LogP contribution is 2.48. The van der Waals surface area contributed by atoms with Gasteiger partial charge >= 0.3 is 0 Å². The molecule has 0 aromatic carbocycles. The van der Waals surface area contributed by atoms with Gasteiger partial charge in [0.05, 0.1) is 13.2 Å². The second-order valence-electron chi connectivity index (χ2n) is 5.53. The number of nitrogens with zero attached hydrogens (tertiary/aromatic N) is 1. The zero-order valence-corrected chi connectivity index (χ0v) is 11.3. The molecule has 94 valence electrons. The summed E-state index contributed by atoms with van der Waals surface area (Å²) in [5.41, 5.74) is 0. The molecule has 0 aliphatic heterocycles. The van der Waals surface area contributed by atoms with Crippen LogP contribution in [0.3, 0.4) is 0 Å². The van der Waals surface area contributed by atoms with Gasteiger partial charge in [-0.15, -0.1) is 0 Å². The van der Waals surface area contributed by atoms with E-state index in [1.807, 2.05) is 0 Å². The van der Waals surface area contributed by atoms with Crippen molar-refractivity contribution in [2.24, 2.45) is 17.8 Å². The summed E-state index contributed by atoms with van der Waals surface area (Å²) in [7, 11) is 2.23. The first-order valence-electron chi connectivity index (χ1n) is 6.66. The maximum Gasteiger partial charge on any atom is 0.0593 e. The van der Waals surface area contributed by atoms with E-state index in [4.69, 9.17) is 4.74 Å². The van der Waals surface area contributed by atoms with Crippen LogP contribution >= 0.6 is 12.6 Å². The average molecular weight is 243 g/mol. The Labute approximate surface area is 105 Å². The molecule has 0 saturated heterocycles. The van der Waals surface area contributed by atoms with E-state index in [0.29, 0.717) is 0 Å². The fourth-order valence-corrected chi connectivity index (χ4v) is 3.61. The third-order valence-electron chi connectivity index (χ3n) is 4.28. The minimum atomic E-state index is 0.783. The quantitative estimate of drug-likeness (QED) is 0.544. The van der Waals surface area contributed by atoms with Crippen LogP contribution in [0.1, 0.15) is 25.7 Å². The van der Waals surface area contributed by atoms with Crippen molar-refractivity contribution in [1.29, 1.82) is 0 Å². The summed E-state index contributed by atoms with van der Waals surface area (Å²) in [6, 6.07) is 0. The first kappa shape index (κ1) is 12.7. The summed E-state index contributed by atoms with van der Waals surface area (Å²) in [4.78, 5) is 2.45. The predicted molar refractivity (Wildman–Crippen MR) is 71.1 cm³/mol. The van der Waals surface area contributed by atoms with Gasteiger partial charge in [-0.25, -0.2) is 0 Å². The highest BCUT2D eigenvalue weighted by atomic mass is 32.1. The number of thiol groups is 1. The molecular formula is C13H25NOS. The van der Waals surface area contributed by atoms with E-state index in [0.717, 1.165) is 43.3 Å². The molecule has 2 rings (SSSR count). The predicted octanol–water partition coefficient (Wildman–Crippen LogP) is 2.30. The number of likely N-dealkylation sites (N-methyl/N-ethyl adjacent to an activating group) is 1. The van der Waals surface area contributed by atoms with Crippen molar-refractivity contribution in [1.82, 2.24) is 4.90 Å². The molecule has 0 radical (unpaired) electrons. The normalized spacial score (nSPS) is 32.8. The molecule has 3 atom stereocenters. The van der Waals surface area contributed by atoms with Crippen LogP contribution < -0.4 is 0 Å². The third-order valence-corrected chi connectivity index (χ3v) is 4.47. The lowest BCUT2D eigenvalue weighted by Crippen LogP contribution is -2.31. The van der Waals surface area contributed by atoms with Gasteiger partial charge in [0.15, 0.2) is 0 Å². The fraction of sp³-hybridized carbons (Fsp3) is 1.00. The van der Waals surface area contributed by atoms with E-state index in [1.165, 1.54) is 32.2 Å². The minimum Gasteiger partial charge on any atom is -0.379 e. The topological polar surface area (TPSA) is 12.5 Å². The van der Waals surface area contributed by atoms with E-state index in [9.17, 15) is 0 Å². The zero-order valence-electron chi connectivity index (χ0n) is 10.4. The molecule has 2 bridgehead atoms. The van der Waals surface area contributed by atoms with E-state index in [2.05, 4.69) is 24.6 Å². The summed E-state index contributed by atoms with van der Waals surface area (Å²) in [5.74, 6) is 3.93. The van der Waals surface area contributed by atoms with Gasteiger partial charge in [0.2, 0.25) is 0 Å². The minimum absolute atomic E-state index is 0.783. The Balaban J connectivity index is 1.58. The standard InChI is InChI=1S/C13H25NOS/c1-14(4-5-15-6-7-16)10-13-9-11-2-3-12(13)8-11/h11-13,16H,2-10H2,1H3. The number of fused-ring (bicyclic) bond motifs is 2. The molecule has 0 spiro atoms. The van der Waals surface area contributed by atoms with E-state index in [-0.39, 0.29) is 0 Å². The van der Waals surface area contributed by atoms with Crippen LogP contribution in [0.15, 0.2) is 0 Å². The Morgan fingerprint density at radius 3 is 2.75 bits per heavy atom. The maximum atomic E-state index is 5.46. The summed E-state index contributed by atoms with van der Waals surface area (Å²) >= 11 is 4.13. The first-order chi connectivity index (χ1) is 7.79. The second kappa shape index (κ2) is 6.27. The van der Waals surface area contributed by atoms with Gasteiger partial charge in [-0.3, -0.25) is 0 Å². The van der Waals surface area contributed by atoms with Crippen molar-refractivity contribution in [2.45, 2.75) is 25.7 Å². The lowest BCUT2D eigenvalue weighted by atomic mass is 9.88. The highest BCUT2D eigenvalue weighted by Gasteiger charge is 2.39. The molecule has 0 aromatic heterocycles.